The van der Waals surface area contributed by atoms with E-state index in [0.29, 0.717) is 23.3 Å². The highest BCUT2D eigenvalue weighted by Crippen LogP contribution is 2.53. The van der Waals surface area contributed by atoms with Crippen molar-refractivity contribution in [3.63, 3.8) is 0 Å². The first-order valence-electron chi connectivity index (χ1n) is 9.74. The third-order valence-corrected chi connectivity index (χ3v) is 7.58. The van der Waals surface area contributed by atoms with Gasteiger partial charge >= 0.3 is 5.97 Å². The van der Waals surface area contributed by atoms with E-state index in [1.807, 2.05) is 12.1 Å². The summed E-state index contributed by atoms with van der Waals surface area (Å²) in [5, 5.41) is 0. The molecule has 0 aromatic heterocycles. The fraction of sp³-hybridized carbons (Fsp3) is 0.435. The Hall–Kier alpha value is -1.40. The van der Waals surface area contributed by atoms with Gasteiger partial charge in [-0.15, -0.1) is 0 Å². The van der Waals surface area contributed by atoms with Crippen LogP contribution in [0.5, 0.6) is 0 Å². The highest BCUT2D eigenvalue weighted by molar-refractivity contribution is 14.1. The molecule has 27 heavy (non-hydrogen) atoms. The first-order chi connectivity index (χ1) is 13.0. The summed E-state index contributed by atoms with van der Waals surface area (Å²) in [7, 11) is 1.43. The van der Waals surface area contributed by atoms with Crippen molar-refractivity contribution < 1.29 is 9.53 Å². The van der Waals surface area contributed by atoms with Crippen LogP contribution < -0.4 is 0 Å². The van der Waals surface area contributed by atoms with E-state index in [1.54, 1.807) is 0 Å². The molecule has 0 spiro atoms. The average Bonchev–Trinajstić information content (AvgIpc) is 3.00. The number of ether oxygens (including phenoxy) is 1. The van der Waals surface area contributed by atoms with Crippen LogP contribution in [0.25, 0.3) is 0 Å². The monoisotopic (exact) mass is 475 g/mol. The Kier molecular flexibility index (Phi) is 5.30. The number of aryl methyl sites for hydroxylation is 1. The van der Waals surface area contributed by atoms with Crippen molar-refractivity contribution in [3.05, 3.63) is 67.8 Å². The molecule has 2 aliphatic rings. The maximum absolute atomic E-state index is 11.8. The van der Waals surface area contributed by atoms with Crippen LogP contribution in [0.3, 0.4) is 0 Å². The van der Waals surface area contributed by atoms with Gasteiger partial charge in [0.25, 0.3) is 0 Å². The van der Waals surface area contributed by atoms with Gasteiger partial charge in [0.05, 0.1) is 12.7 Å². The SMILES string of the molecule is CCN1CC[C@H]2[C@@H](c3ccc(C(=O)OC)cc3)c3cc(C)c(I)cc3[C@H]2C1. The van der Waals surface area contributed by atoms with Gasteiger partial charge in [0.1, 0.15) is 0 Å². The number of rotatable bonds is 3. The van der Waals surface area contributed by atoms with Crippen molar-refractivity contribution in [3.8, 4) is 0 Å². The molecular formula is C23H26INO2. The normalized spacial score (nSPS) is 24.4. The molecule has 1 aliphatic carbocycles. The molecule has 1 heterocycles. The standard InChI is InChI=1S/C23H26INO2/c1-4-25-10-9-17-20(13-25)18-12-21(24)14(2)11-19(18)22(17)15-5-7-16(8-6-15)23(26)27-3/h5-8,11-12,17,20,22H,4,9-10,13H2,1-3H3/t17-,20+,22-/m1/s1. The van der Waals surface area contributed by atoms with Crippen molar-refractivity contribution in [2.24, 2.45) is 5.92 Å². The van der Waals surface area contributed by atoms with Crippen molar-refractivity contribution in [1.82, 2.24) is 4.90 Å². The van der Waals surface area contributed by atoms with Crippen molar-refractivity contribution in [2.75, 3.05) is 26.7 Å². The Labute approximate surface area is 175 Å². The van der Waals surface area contributed by atoms with Crippen LogP contribution in [-0.4, -0.2) is 37.6 Å². The molecule has 1 saturated heterocycles. The largest absolute Gasteiger partial charge is 0.465 e. The van der Waals surface area contributed by atoms with Gasteiger partial charge in [0, 0.05) is 22.0 Å². The number of halogens is 1. The van der Waals surface area contributed by atoms with Gasteiger partial charge < -0.3 is 9.64 Å². The van der Waals surface area contributed by atoms with Gasteiger partial charge in [-0.3, -0.25) is 0 Å². The lowest BCUT2D eigenvalue weighted by atomic mass is 9.78. The second-order valence-electron chi connectivity index (χ2n) is 7.77. The van der Waals surface area contributed by atoms with Crippen LogP contribution in [0.2, 0.25) is 0 Å². The molecule has 1 aliphatic heterocycles. The molecule has 2 aromatic carbocycles. The zero-order valence-electron chi connectivity index (χ0n) is 16.2. The van der Waals surface area contributed by atoms with Gasteiger partial charge in [-0.2, -0.15) is 0 Å². The number of benzene rings is 2. The van der Waals surface area contributed by atoms with E-state index in [0.717, 1.165) is 13.1 Å². The third kappa shape index (κ3) is 3.31. The summed E-state index contributed by atoms with van der Waals surface area (Å²) in [5.74, 6) is 1.40. The molecule has 1 fully saturated rings. The smallest absolute Gasteiger partial charge is 0.337 e. The Morgan fingerprint density at radius 1 is 1.22 bits per heavy atom. The molecule has 3 nitrogen and oxygen atoms in total. The maximum Gasteiger partial charge on any atom is 0.337 e. The van der Waals surface area contributed by atoms with E-state index in [9.17, 15) is 4.79 Å². The molecule has 4 heteroatoms. The number of likely N-dealkylation sites (N-methyl/N-ethyl adjacent to an activating group) is 1. The van der Waals surface area contributed by atoms with E-state index in [4.69, 9.17) is 4.74 Å². The lowest BCUT2D eigenvalue weighted by molar-refractivity contribution is 0.0600. The fourth-order valence-corrected chi connectivity index (χ4v) is 5.46. The number of hydrogen-bond acceptors (Lipinski definition) is 3. The van der Waals surface area contributed by atoms with Gasteiger partial charge in [-0.25, -0.2) is 4.79 Å². The van der Waals surface area contributed by atoms with Crippen molar-refractivity contribution >= 4 is 28.6 Å². The number of piperidine rings is 1. The Morgan fingerprint density at radius 2 is 1.96 bits per heavy atom. The van der Waals surface area contributed by atoms with Gasteiger partial charge in [0.2, 0.25) is 0 Å². The number of carbonyl (C=O) groups is 1. The van der Waals surface area contributed by atoms with E-state index in [-0.39, 0.29) is 5.97 Å². The fourth-order valence-electron chi connectivity index (χ4n) is 4.96. The predicted octanol–water partition coefficient (Wildman–Crippen LogP) is 4.96. The minimum Gasteiger partial charge on any atom is -0.465 e. The number of nitrogens with zero attached hydrogens (tertiary/aromatic N) is 1. The lowest BCUT2D eigenvalue weighted by Crippen LogP contribution is -2.38. The molecule has 0 radical (unpaired) electrons. The number of likely N-dealkylation sites (tertiary alicyclic amines) is 1. The molecule has 0 amide bonds. The van der Waals surface area contributed by atoms with Gasteiger partial charge in [-0.1, -0.05) is 25.1 Å². The topological polar surface area (TPSA) is 29.5 Å². The summed E-state index contributed by atoms with van der Waals surface area (Å²) in [6.45, 7) is 7.93. The summed E-state index contributed by atoms with van der Waals surface area (Å²) in [6, 6.07) is 12.9. The second kappa shape index (κ2) is 7.55. The van der Waals surface area contributed by atoms with Crippen LogP contribution in [0.1, 0.15) is 57.8 Å². The molecule has 2 aromatic rings. The molecule has 4 rings (SSSR count). The summed E-state index contributed by atoms with van der Waals surface area (Å²) in [6.07, 6.45) is 1.23. The van der Waals surface area contributed by atoms with E-state index in [1.165, 1.54) is 45.9 Å². The summed E-state index contributed by atoms with van der Waals surface area (Å²) >= 11 is 2.47. The summed E-state index contributed by atoms with van der Waals surface area (Å²) in [5.41, 5.74) is 6.33. The Balaban J connectivity index is 1.76. The van der Waals surface area contributed by atoms with Crippen LogP contribution in [0, 0.1) is 16.4 Å². The van der Waals surface area contributed by atoms with Crippen LogP contribution in [-0.2, 0) is 4.74 Å². The molecule has 0 unspecified atom stereocenters. The molecule has 0 N–H and O–H groups in total. The quantitative estimate of drug-likeness (QED) is 0.465. The van der Waals surface area contributed by atoms with Gasteiger partial charge in [0.15, 0.2) is 0 Å². The zero-order valence-corrected chi connectivity index (χ0v) is 18.3. The average molecular weight is 475 g/mol. The number of hydrogen-bond donors (Lipinski definition) is 0. The zero-order chi connectivity index (χ0) is 19.1. The minimum atomic E-state index is -0.270. The number of methoxy groups -OCH3 is 1. The third-order valence-electron chi connectivity index (χ3n) is 6.42. The first kappa shape index (κ1) is 18.9. The van der Waals surface area contributed by atoms with Crippen LogP contribution >= 0.6 is 22.6 Å². The Morgan fingerprint density at radius 3 is 2.63 bits per heavy atom. The number of carbonyl (C=O) groups excluding carboxylic acids is 1. The predicted molar refractivity (Wildman–Crippen MR) is 116 cm³/mol. The lowest BCUT2D eigenvalue weighted by Gasteiger charge is -2.37. The maximum atomic E-state index is 11.8. The van der Waals surface area contributed by atoms with E-state index < -0.39 is 0 Å². The second-order valence-corrected chi connectivity index (χ2v) is 8.94. The molecule has 142 valence electrons. The van der Waals surface area contributed by atoms with E-state index >= 15 is 0 Å². The number of fused-ring (bicyclic) bond motifs is 3. The minimum absolute atomic E-state index is 0.270. The van der Waals surface area contributed by atoms with Crippen LogP contribution in [0.15, 0.2) is 36.4 Å². The molecule has 0 saturated carbocycles. The molecular weight excluding hydrogens is 449 g/mol. The summed E-state index contributed by atoms with van der Waals surface area (Å²) < 4.78 is 6.21. The van der Waals surface area contributed by atoms with Crippen LogP contribution in [0.4, 0.5) is 0 Å². The van der Waals surface area contributed by atoms with Crippen molar-refractivity contribution in [1.29, 1.82) is 0 Å². The van der Waals surface area contributed by atoms with E-state index in [2.05, 4.69) is 65.6 Å². The highest BCUT2D eigenvalue weighted by atomic mass is 127. The highest BCUT2D eigenvalue weighted by Gasteiger charge is 2.44. The summed E-state index contributed by atoms with van der Waals surface area (Å²) in [4.78, 5) is 14.4. The van der Waals surface area contributed by atoms with Gasteiger partial charge in [-0.05, 0) is 95.4 Å². The van der Waals surface area contributed by atoms with Crippen molar-refractivity contribution in [2.45, 2.75) is 32.1 Å². The first-order valence-corrected chi connectivity index (χ1v) is 10.8. The molecule has 0 bridgehead atoms. The number of esters is 1. The Bertz CT molecular complexity index is 861. The molecule has 3 atom stereocenters.